The van der Waals surface area contributed by atoms with E-state index in [1.54, 1.807) is 4.68 Å². The molecular weight excluding hydrogens is 314 g/mol. The minimum atomic E-state index is -0.230. The topological polar surface area (TPSA) is 72.7 Å². The van der Waals surface area contributed by atoms with Gasteiger partial charge in [0.2, 0.25) is 5.91 Å². The van der Waals surface area contributed by atoms with Gasteiger partial charge in [-0.05, 0) is 22.1 Å². The van der Waals surface area contributed by atoms with Gasteiger partial charge in [0.1, 0.15) is 6.54 Å². The van der Waals surface area contributed by atoms with E-state index in [0.717, 1.165) is 16.8 Å². The van der Waals surface area contributed by atoms with Crippen LogP contribution in [-0.2, 0) is 16.8 Å². The minimum absolute atomic E-state index is 0.0722. The Bertz CT molecular complexity index is 865. The zero-order valence-electron chi connectivity index (χ0n) is 14.6. The molecule has 0 aliphatic heterocycles. The predicted molar refractivity (Wildman–Crippen MR) is 97.0 cm³/mol. The fourth-order valence-corrected chi connectivity index (χ4v) is 2.64. The third-order valence-electron chi connectivity index (χ3n) is 3.78. The summed E-state index contributed by atoms with van der Waals surface area (Å²) in [4.78, 5) is 12.5. The van der Waals surface area contributed by atoms with Crippen LogP contribution in [0.1, 0.15) is 26.6 Å². The average molecular weight is 335 g/mol. The van der Waals surface area contributed by atoms with Crippen LogP contribution < -0.4 is 5.32 Å². The van der Waals surface area contributed by atoms with Gasteiger partial charge in [0.15, 0.2) is 5.82 Å². The van der Waals surface area contributed by atoms with Crippen LogP contribution >= 0.6 is 0 Å². The van der Waals surface area contributed by atoms with Crippen LogP contribution in [0.2, 0.25) is 0 Å². The number of rotatable bonds is 4. The maximum atomic E-state index is 12.5. The molecule has 3 rings (SSSR count). The molecule has 3 aromatic rings. The van der Waals surface area contributed by atoms with E-state index >= 15 is 0 Å². The van der Waals surface area contributed by atoms with Gasteiger partial charge in [-0.1, -0.05) is 69.3 Å². The van der Waals surface area contributed by atoms with E-state index in [4.69, 9.17) is 0 Å². The molecule has 0 aliphatic carbocycles. The smallest absolute Gasteiger partial charge is 0.246 e. The summed E-state index contributed by atoms with van der Waals surface area (Å²) in [6, 6.07) is 17.7. The number of amides is 1. The second kappa shape index (κ2) is 6.84. The Kier molecular flexibility index (Phi) is 4.61. The number of carbonyl (C=O) groups is 1. The molecule has 1 aromatic heterocycles. The molecule has 0 atom stereocenters. The third kappa shape index (κ3) is 3.91. The van der Waals surface area contributed by atoms with E-state index in [0.29, 0.717) is 5.82 Å². The first kappa shape index (κ1) is 16.8. The Morgan fingerprint density at radius 1 is 1.04 bits per heavy atom. The van der Waals surface area contributed by atoms with Crippen LogP contribution in [-0.4, -0.2) is 26.1 Å². The number of anilines is 1. The SMILES string of the molecule is CC(C)(C)c1nnnn1CC(=O)Nc1ccccc1-c1ccccc1. The monoisotopic (exact) mass is 335 g/mol. The van der Waals surface area contributed by atoms with Crippen molar-refractivity contribution in [2.75, 3.05) is 5.32 Å². The molecule has 1 heterocycles. The lowest BCUT2D eigenvalue weighted by Gasteiger charge is -2.17. The molecule has 0 spiro atoms. The van der Waals surface area contributed by atoms with Crippen LogP contribution in [0, 0.1) is 0 Å². The summed E-state index contributed by atoms with van der Waals surface area (Å²) in [6.45, 7) is 6.11. The quantitative estimate of drug-likeness (QED) is 0.794. The zero-order valence-corrected chi connectivity index (χ0v) is 14.6. The minimum Gasteiger partial charge on any atom is -0.324 e. The molecule has 25 heavy (non-hydrogen) atoms. The van der Waals surface area contributed by atoms with Crippen molar-refractivity contribution >= 4 is 11.6 Å². The predicted octanol–water partition coefficient (Wildman–Crippen LogP) is 3.28. The number of tetrazole rings is 1. The van der Waals surface area contributed by atoms with Crippen molar-refractivity contribution in [1.29, 1.82) is 0 Å². The highest BCUT2D eigenvalue weighted by molar-refractivity contribution is 5.95. The lowest BCUT2D eigenvalue weighted by Crippen LogP contribution is -2.26. The van der Waals surface area contributed by atoms with Crippen molar-refractivity contribution in [3.63, 3.8) is 0 Å². The molecule has 6 nitrogen and oxygen atoms in total. The summed E-state index contributed by atoms with van der Waals surface area (Å²) < 4.78 is 1.54. The van der Waals surface area contributed by atoms with Crippen LogP contribution in [0.4, 0.5) is 5.69 Å². The highest BCUT2D eigenvalue weighted by Crippen LogP contribution is 2.27. The molecular formula is C19H21N5O. The molecule has 0 saturated heterocycles. The van der Waals surface area contributed by atoms with Gasteiger partial charge in [-0.3, -0.25) is 4.79 Å². The molecule has 1 amide bonds. The Labute approximate surface area is 146 Å². The number of carbonyl (C=O) groups excluding carboxylic acids is 1. The molecule has 128 valence electrons. The van der Waals surface area contributed by atoms with Crippen molar-refractivity contribution in [1.82, 2.24) is 20.2 Å². The van der Waals surface area contributed by atoms with Gasteiger partial charge < -0.3 is 5.32 Å². The van der Waals surface area contributed by atoms with Gasteiger partial charge in [0.25, 0.3) is 0 Å². The summed E-state index contributed by atoms with van der Waals surface area (Å²) in [7, 11) is 0. The Morgan fingerprint density at radius 2 is 1.72 bits per heavy atom. The van der Waals surface area contributed by atoms with Crippen molar-refractivity contribution in [2.24, 2.45) is 0 Å². The average Bonchev–Trinajstić information content (AvgIpc) is 3.04. The molecule has 0 fully saturated rings. The fourth-order valence-electron chi connectivity index (χ4n) is 2.64. The Balaban J connectivity index is 1.80. The second-order valence-electron chi connectivity index (χ2n) is 6.87. The van der Waals surface area contributed by atoms with E-state index in [-0.39, 0.29) is 17.9 Å². The van der Waals surface area contributed by atoms with E-state index in [2.05, 4.69) is 20.8 Å². The lowest BCUT2D eigenvalue weighted by molar-refractivity contribution is -0.117. The van der Waals surface area contributed by atoms with Gasteiger partial charge >= 0.3 is 0 Å². The van der Waals surface area contributed by atoms with Crippen molar-refractivity contribution in [2.45, 2.75) is 32.7 Å². The number of benzene rings is 2. The summed E-state index contributed by atoms with van der Waals surface area (Å²) in [5.41, 5.74) is 2.57. The zero-order chi connectivity index (χ0) is 17.9. The Hall–Kier alpha value is -3.02. The van der Waals surface area contributed by atoms with Crippen LogP contribution in [0.25, 0.3) is 11.1 Å². The van der Waals surface area contributed by atoms with Gasteiger partial charge in [-0.25, -0.2) is 4.68 Å². The highest BCUT2D eigenvalue weighted by atomic mass is 16.2. The number of hydrogen-bond acceptors (Lipinski definition) is 4. The Morgan fingerprint density at radius 3 is 2.44 bits per heavy atom. The van der Waals surface area contributed by atoms with Crippen molar-refractivity contribution in [3.8, 4) is 11.1 Å². The maximum Gasteiger partial charge on any atom is 0.246 e. The van der Waals surface area contributed by atoms with Crippen LogP contribution in [0.3, 0.4) is 0 Å². The molecule has 2 aromatic carbocycles. The van der Waals surface area contributed by atoms with Gasteiger partial charge in [0.05, 0.1) is 0 Å². The fraction of sp³-hybridized carbons (Fsp3) is 0.263. The molecule has 6 heteroatoms. The van der Waals surface area contributed by atoms with Crippen molar-refractivity contribution < 1.29 is 4.79 Å². The van der Waals surface area contributed by atoms with E-state index in [1.807, 2.05) is 75.4 Å². The van der Waals surface area contributed by atoms with Crippen LogP contribution in [0.15, 0.2) is 54.6 Å². The first-order valence-electron chi connectivity index (χ1n) is 8.16. The summed E-state index contributed by atoms with van der Waals surface area (Å²) >= 11 is 0. The lowest BCUT2D eigenvalue weighted by atomic mass is 9.96. The number of aromatic nitrogens is 4. The van der Waals surface area contributed by atoms with Gasteiger partial charge in [0, 0.05) is 16.7 Å². The maximum absolute atomic E-state index is 12.5. The molecule has 0 saturated carbocycles. The molecule has 0 unspecified atom stereocenters. The molecule has 0 bridgehead atoms. The largest absolute Gasteiger partial charge is 0.324 e. The van der Waals surface area contributed by atoms with E-state index in [9.17, 15) is 4.79 Å². The third-order valence-corrected chi connectivity index (χ3v) is 3.78. The first-order valence-corrected chi connectivity index (χ1v) is 8.16. The molecule has 0 radical (unpaired) electrons. The van der Waals surface area contributed by atoms with E-state index in [1.165, 1.54) is 0 Å². The number of nitrogens with one attached hydrogen (secondary N) is 1. The van der Waals surface area contributed by atoms with Gasteiger partial charge in [-0.2, -0.15) is 0 Å². The summed E-state index contributed by atoms with van der Waals surface area (Å²) in [5.74, 6) is 0.514. The molecule has 0 aliphatic rings. The van der Waals surface area contributed by atoms with E-state index < -0.39 is 0 Å². The number of nitrogens with zero attached hydrogens (tertiary/aromatic N) is 4. The van der Waals surface area contributed by atoms with Gasteiger partial charge in [-0.15, -0.1) is 5.10 Å². The summed E-state index contributed by atoms with van der Waals surface area (Å²) in [5, 5.41) is 14.6. The van der Waals surface area contributed by atoms with Crippen molar-refractivity contribution in [3.05, 3.63) is 60.4 Å². The normalized spacial score (nSPS) is 11.3. The highest BCUT2D eigenvalue weighted by Gasteiger charge is 2.23. The first-order chi connectivity index (χ1) is 11.9. The standard InChI is InChI=1S/C19H21N5O/c1-19(2,3)18-21-22-23-24(18)13-17(25)20-16-12-8-7-11-15(16)14-9-5-4-6-10-14/h4-12H,13H2,1-3H3,(H,20,25). The number of para-hydroxylation sites is 1. The second-order valence-corrected chi connectivity index (χ2v) is 6.87. The summed E-state index contributed by atoms with van der Waals surface area (Å²) in [6.07, 6.45) is 0. The van der Waals surface area contributed by atoms with Crippen LogP contribution in [0.5, 0.6) is 0 Å². The molecule has 1 N–H and O–H groups in total. The number of hydrogen-bond donors (Lipinski definition) is 1.